The lowest BCUT2D eigenvalue weighted by molar-refractivity contribution is 0.0234. The van der Waals surface area contributed by atoms with Crippen LogP contribution in [0, 0.1) is 22.7 Å². The molecular weight excluding hydrogens is 318 g/mol. The van der Waals surface area contributed by atoms with Gasteiger partial charge in [-0.1, -0.05) is 32.8 Å². The van der Waals surface area contributed by atoms with Crippen molar-refractivity contribution in [2.75, 3.05) is 20.1 Å². The lowest BCUT2D eigenvalue weighted by Gasteiger charge is -2.50. The number of rotatable bonds is 7. The molecule has 3 nitrogen and oxygen atoms in total. The van der Waals surface area contributed by atoms with Gasteiger partial charge in [0.15, 0.2) is 0 Å². The van der Waals surface area contributed by atoms with Crippen molar-refractivity contribution in [1.82, 2.24) is 10.2 Å². The van der Waals surface area contributed by atoms with Gasteiger partial charge in [-0.05, 0) is 69.8 Å². The van der Waals surface area contributed by atoms with E-state index in [4.69, 9.17) is 0 Å². The molecule has 0 atom stereocenters. The zero-order chi connectivity index (χ0) is 19.5. The van der Waals surface area contributed by atoms with Crippen molar-refractivity contribution in [2.45, 2.75) is 85.6 Å². The van der Waals surface area contributed by atoms with Gasteiger partial charge in [0.2, 0.25) is 0 Å². The van der Waals surface area contributed by atoms with Gasteiger partial charge in [0.1, 0.15) is 6.07 Å². The second kappa shape index (κ2) is 8.17. The number of nitriles is 1. The van der Waals surface area contributed by atoms with E-state index in [1.165, 1.54) is 24.0 Å². The SMILES string of the molecule is CCCC/C(NC)=C(/C#N)C1=C(C)CC(C)(C)N(CC2CC(C)(C)C2)C1. The molecule has 0 spiro atoms. The van der Waals surface area contributed by atoms with Crippen LogP contribution >= 0.6 is 0 Å². The Hall–Kier alpha value is -1.27. The van der Waals surface area contributed by atoms with Crippen LogP contribution in [0.2, 0.25) is 0 Å². The van der Waals surface area contributed by atoms with E-state index >= 15 is 0 Å². The van der Waals surface area contributed by atoms with Gasteiger partial charge in [-0.25, -0.2) is 0 Å². The highest BCUT2D eigenvalue weighted by atomic mass is 15.2. The number of hydrogen-bond acceptors (Lipinski definition) is 3. The molecule has 3 heteroatoms. The average Bonchev–Trinajstić information content (AvgIpc) is 2.52. The van der Waals surface area contributed by atoms with Crippen LogP contribution in [0.25, 0.3) is 0 Å². The highest BCUT2D eigenvalue weighted by Crippen LogP contribution is 2.46. The van der Waals surface area contributed by atoms with E-state index in [0.29, 0.717) is 5.41 Å². The van der Waals surface area contributed by atoms with Crippen LogP contribution < -0.4 is 5.32 Å². The Bertz CT molecular complexity index is 608. The lowest BCUT2D eigenvalue weighted by atomic mass is 9.64. The van der Waals surface area contributed by atoms with Crippen LogP contribution in [0.3, 0.4) is 0 Å². The van der Waals surface area contributed by atoms with Crippen molar-refractivity contribution >= 4 is 0 Å². The van der Waals surface area contributed by atoms with E-state index in [1.54, 1.807) is 0 Å². The van der Waals surface area contributed by atoms with Crippen molar-refractivity contribution in [3.63, 3.8) is 0 Å². The first kappa shape index (κ1) is 21.0. The van der Waals surface area contributed by atoms with E-state index in [-0.39, 0.29) is 5.54 Å². The zero-order valence-corrected chi connectivity index (χ0v) is 18.1. The van der Waals surface area contributed by atoms with Gasteiger partial charge in [0, 0.05) is 31.4 Å². The molecule has 0 amide bonds. The fourth-order valence-corrected chi connectivity index (χ4v) is 5.00. The molecule has 0 bridgehead atoms. The first-order valence-electron chi connectivity index (χ1n) is 10.4. The maximum atomic E-state index is 9.92. The Morgan fingerprint density at radius 3 is 2.42 bits per heavy atom. The summed E-state index contributed by atoms with van der Waals surface area (Å²) in [5.74, 6) is 0.808. The highest BCUT2D eigenvalue weighted by Gasteiger charge is 2.41. The summed E-state index contributed by atoms with van der Waals surface area (Å²) in [6.07, 6.45) is 6.95. The number of allylic oxidation sites excluding steroid dienone is 1. The second-order valence-corrected chi connectivity index (χ2v) is 9.89. The Morgan fingerprint density at radius 1 is 1.27 bits per heavy atom. The largest absolute Gasteiger partial charge is 0.390 e. The minimum absolute atomic E-state index is 0.178. The number of hydrogen-bond donors (Lipinski definition) is 1. The molecule has 0 unspecified atom stereocenters. The summed E-state index contributed by atoms with van der Waals surface area (Å²) >= 11 is 0. The molecule has 2 rings (SSSR count). The quantitative estimate of drug-likeness (QED) is 0.619. The maximum absolute atomic E-state index is 9.92. The zero-order valence-electron chi connectivity index (χ0n) is 18.1. The van der Waals surface area contributed by atoms with Crippen LogP contribution in [0.4, 0.5) is 0 Å². The third-order valence-electron chi connectivity index (χ3n) is 6.38. The second-order valence-electron chi connectivity index (χ2n) is 9.89. The Balaban J connectivity index is 2.24. The summed E-state index contributed by atoms with van der Waals surface area (Å²) in [5.41, 5.74) is 5.38. The van der Waals surface area contributed by atoms with Gasteiger partial charge in [0.05, 0.1) is 5.57 Å². The standard InChI is InChI=1S/C23H39N3/c1-8-9-10-21(25-7)19(14-24)20-16-26(23(5,6)11-17(20)2)15-18-12-22(3,4)13-18/h18,25H,8-13,15-16H2,1-7H3/b21-19+. The molecule has 0 saturated heterocycles. The van der Waals surface area contributed by atoms with Gasteiger partial charge in [-0.3, -0.25) is 4.90 Å². The molecule has 1 N–H and O–H groups in total. The minimum atomic E-state index is 0.178. The van der Waals surface area contributed by atoms with Gasteiger partial charge in [-0.15, -0.1) is 0 Å². The molecule has 1 aliphatic heterocycles. The van der Waals surface area contributed by atoms with Crippen LogP contribution in [-0.2, 0) is 0 Å². The fraction of sp³-hybridized carbons (Fsp3) is 0.783. The maximum Gasteiger partial charge on any atom is 0.101 e. The number of nitrogens with one attached hydrogen (secondary N) is 1. The molecule has 26 heavy (non-hydrogen) atoms. The first-order chi connectivity index (χ1) is 12.1. The van der Waals surface area contributed by atoms with Gasteiger partial charge in [0.25, 0.3) is 0 Å². The van der Waals surface area contributed by atoms with Crippen LogP contribution in [0.1, 0.15) is 80.1 Å². The van der Waals surface area contributed by atoms with Crippen LogP contribution in [-0.4, -0.2) is 30.6 Å². The Labute approximate surface area is 161 Å². The number of nitrogens with zero attached hydrogens (tertiary/aromatic N) is 2. The van der Waals surface area contributed by atoms with E-state index in [9.17, 15) is 5.26 Å². The number of unbranched alkanes of at least 4 members (excludes halogenated alkanes) is 1. The molecule has 1 heterocycles. The molecular formula is C23H39N3. The minimum Gasteiger partial charge on any atom is -0.390 e. The molecule has 0 aromatic carbocycles. The van der Waals surface area contributed by atoms with E-state index < -0.39 is 0 Å². The lowest BCUT2D eigenvalue weighted by Crippen LogP contribution is -2.52. The molecule has 0 aromatic heterocycles. The third-order valence-corrected chi connectivity index (χ3v) is 6.38. The summed E-state index contributed by atoms with van der Waals surface area (Å²) in [6, 6.07) is 2.54. The monoisotopic (exact) mass is 357 g/mol. The molecule has 1 saturated carbocycles. The van der Waals surface area contributed by atoms with E-state index in [1.807, 2.05) is 7.05 Å². The van der Waals surface area contributed by atoms with Crippen molar-refractivity contribution in [1.29, 1.82) is 5.26 Å². The Morgan fingerprint density at radius 2 is 1.92 bits per heavy atom. The van der Waals surface area contributed by atoms with Crippen LogP contribution in [0.15, 0.2) is 22.4 Å². The first-order valence-corrected chi connectivity index (χ1v) is 10.4. The molecule has 0 radical (unpaired) electrons. The van der Waals surface area contributed by atoms with E-state index in [2.05, 4.69) is 57.8 Å². The Kier molecular flexibility index (Phi) is 6.61. The average molecular weight is 358 g/mol. The molecule has 146 valence electrons. The van der Waals surface area contributed by atoms with E-state index in [0.717, 1.165) is 56.0 Å². The topological polar surface area (TPSA) is 39.1 Å². The predicted molar refractivity (Wildman–Crippen MR) is 111 cm³/mol. The smallest absolute Gasteiger partial charge is 0.101 e. The predicted octanol–water partition coefficient (Wildman–Crippen LogP) is 5.41. The molecule has 1 aliphatic carbocycles. The van der Waals surface area contributed by atoms with Gasteiger partial charge < -0.3 is 5.32 Å². The van der Waals surface area contributed by atoms with Crippen molar-refractivity contribution in [2.24, 2.45) is 11.3 Å². The van der Waals surface area contributed by atoms with Crippen molar-refractivity contribution < 1.29 is 0 Å². The van der Waals surface area contributed by atoms with Crippen molar-refractivity contribution in [3.05, 3.63) is 22.4 Å². The highest BCUT2D eigenvalue weighted by molar-refractivity contribution is 5.49. The summed E-state index contributed by atoms with van der Waals surface area (Å²) in [7, 11) is 1.96. The molecule has 2 aliphatic rings. The molecule has 0 aromatic rings. The van der Waals surface area contributed by atoms with Gasteiger partial charge >= 0.3 is 0 Å². The van der Waals surface area contributed by atoms with Crippen LogP contribution in [0.5, 0.6) is 0 Å². The summed E-state index contributed by atoms with van der Waals surface area (Å²) in [4.78, 5) is 2.64. The molecule has 1 fully saturated rings. The third kappa shape index (κ3) is 4.71. The summed E-state index contributed by atoms with van der Waals surface area (Å²) in [5, 5.41) is 13.2. The van der Waals surface area contributed by atoms with Gasteiger partial charge in [-0.2, -0.15) is 5.26 Å². The van der Waals surface area contributed by atoms with Crippen molar-refractivity contribution in [3.8, 4) is 6.07 Å². The summed E-state index contributed by atoms with van der Waals surface area (Å²) < 4.78 is 0. The fourth-order valence-electron chi connectivity index (χ4n) is 5.00. The normalized spacial score (nSPS) is 23.9. The summed E-state index contributed by atoms with van der Waals surface area (Å²) in [6.45, 7) is 16.0.